The predicted molar refractivity (Wildman–Crippen MR) is 51.6 cm³/mol. The van der Waals surface area contributed by atoms with Crippen molar-refractivity contribution in [3.05, 3.63) is 17.9 Å². The molecule has 0 aromatic carbocycles. The third kappa shape index (κ3) is 9.21. The fourth-order valence-corrected chi connectivity index (χ4v) is 1.08. The molecule has 3 heteroatoms. The molecule has 0 aromatic heterocycles. The lowest BCUT2D eigenvalue weighted by Gasteiger charge is -1.92. The van der Waals surface area contributed by atoms with Crippen molar-refractivity contribution >= 4 is 14.8 Å². The van der Waals surface area contributed by atoms with Crippen LogP contribution in [-0.2, 0) is 9.53 Å². The topological polar surface area (TPSA) is 26.3 Å². The minimum absolute atomic E-state index is 0.184. The number of carbonyl (C=O) groups excluding carboxylic acids is 1. The van der Waals surface area contributed by atoms with Crippen LogP contribution in [0.3, 0.4) is 0 Å². The lowest BCUT2D eigenvalue weighted by molar-refractivity contribution is -0.139. The molecule has 1 radical (unpaired) electrons. The van der Waals surface area contributed by atoms with Crippen LogP contribution in [0.5, 0.6) is 0 Å². The molecule has 2 nitrogen and oxygen atoms in total. The van der Waals surface area contributed by atoms with E-state index in [1.807, 2.05) is 6.08 Å². The molecule has 0 aliphatic carbocycles. The Morgan fingerprint density at radius 2 is 2.17 bits per heavy atom. The number of hydrogen-bond acceptors (Lipinski definition) is 2. The summed E-state index contributed by atoms with van der Waals surface area (Å²) in [6, 6.07) is 1.11. The number of carbonyl (C=O) groups is 1. The number of esters is 1. The minimum atomic E-state index is -0.246. The largest absolute Gasteiger partial charge is 0.461 e. The van der Waals surface area contributed by atoms with Gasteiger partial charge in [0, 0.05) is 15.7 Å². The second kappa shape index (κ2) is 6.89. The van der Waals surface area contributed by atoms with Crippen LogP contribution in [0.4, 0.5) is 0 Å². The van der Waals surface area contributed by atoms with Gasteiger partial charge in [-0.1, -0.05) is 13.1 Å². The van der Waals surface area contributed by atoms with E-state index in [0.717, 1.165) is 6.04 Å². The molecule has 0 rings (SSSR count). The van der Waals surface area contributed by atoms with Gasteiger partial charge in [-0.15, -0.1) is 5.73 Å². The van der Waals surface area contributed by atoms with E-state index in [9.17, 15) is 4.79 Å². The molecular weight excluding hydrogens is 168 g/mol. The minimum Gasteiger partial charge on any atom is -0.461 e. The zero-order valence-electron chi connectivity index (χ0n) is 7.89. The molecule has 0 saturated heterocycles. The second-order valence-corrected chi connectivity index (χ2v) is 5.61. The van der Waals surface area contributed by atoms with Gasteiger partial charge in [0.05, 0.1) is 0 Å². The molecular formula is C9H15O2Si. The van der Waals surface area contributed by atoms with Gasteiger partial charge < -0.3 is 4.74 Å². The second-order valence-electron chi connectivity index (χ2n) is 2.79. The van der Waals surface area contributed by atoms with Crippen molar-refractivity contribution in [3.8, 4) is 0 Å². The van der Waals surface area contributed by atoms with Crippen LogP contribution in [0, 0.1) is 0 Å². The summed E-state index contributed by atoms with van der Waals surface area (Å²) in [6.45, 7) is 6.22. The van der Waals surface area contributed by atoms with Crippen molar-refractivity contribution in [2.24, 2.45) is 0 Å². The van der Waals surface area contributed by atoms with Gasteiger partial charge in [-0.05, 0) is 18.2 Å². The lowest BCUT2D eigenvalue weighted by Crippen LogP contribution is -1.97. The smallest absolute Gasteiger partial charge is 0.302 e. The molecule has 0 bridgehead atoms. The van der Waals surface area contributed by atoms with Crippen LogP contribution in [0.25, 0.3) is 0 Å². The van der Waals surface area contributed by atoms with Crippen molar-refractivity contribution in [1.29, 1.82) is 0 Å². The van der Waals surface area contributed by atoms with Crippen molar-refractivity contribution in [1.82, 2.24) is 0 Å². The molecule has 0 aromatic rings. The highest BCUT2D eigenvalue weighted by atomic mass is 28.3. The van der Waals surface area contributed by atoms with Crippen molar-refractivity contribution in [2.45, 2.75) is 26.1 Å². The quantitative estimate of drug-likeness (QED) is 0.378. The van der Waals surface area contributed by atoms with E-state index in [1.54, 1.807) is 6.08 Å². The van der Waals surface area contributed by atoms with E-state index >= 15 is 0 Å². The summed E-state index contributed by atoms with van der Waals surface area (Å²) >= 11 is 0. The van der Waals surface area contributed by atoms with E-state index in [-0.39, 0.29) is 14.8 Å². The molecule has 0 atom stereocenters. The third-order valence-corrected chi connectivity index (χ3v) is 2.14. The molecule has 0 N–H and O–H groups in total. The Morgan fingerprint density at radius 3 is 2.67 bits per heavy atom. The Hall–Kier alpha value is -0.793. The van der Waals surface area contributed by atoms with Crippen molar-refractivity contribution < 1.29 is 9.53 Å². The van der Waals surface area contributed by atoms with Crippen LogP contribution in [0.15, 0.2) is 17.9 Å². The van der Waals surface area contributed by atoms with E-state index in [2.05, 4.69) is 23.6 Å². The highest BCUT2D eigenvalue weighted by molar-refractivity contribution is 6.56. The predicted octanol–water partition coefficient (Wildman–Crippen LogP) is 2.02. The van der Waals surface area contributed by atoms with E-state index < -0.39 is 0 Å². The van der Waals surface area contributed by atoms with Gasteiger partial charge in [0.2, 0.25) is 0 Å². The fraction of sp³-hybridized carbons (Fsp3) is 0.556. The van der Waals surface area contributed by atoms with Crippen LogP contribution < -0.4 is 0 Å². The Kier molecular flexibility index (Phi) is 6.43. The highest BCUT2D eigenvalue weighted by Gasteiger charge is 1.88. The van der Waals surface area contributed by atoms with Gasteiger partial charge in [-0.3, -0.25) is 4.79 Å². The Bertz CT molecular complexity index is 191. The molecule has 0 aliphatic heterocycles. The molecule has 0 aliphatic rings. The maximum absolute atomic E-state index is 10.3. The first kappa shape index (κ1) is 11.2. The normalized spacial score (nSPS) is 9.00. The van der Waals surface area contributed by atoms with Crippen molar-refractivity contribution in [2.75, 3.05) is 6.61 Å². The maximum Gasteiger partial charge on any atom is 0.302 e. The van der Waals surface area contributed by atoms with E-state index in [0.29, 0.717) is 6.61 Å². The lowest BCUT2D eigenvalue weighted by atomic mass is 10.6. The molecule has 0 unspecified atom stereocenters. The van der Waals surface area contributed by atoms with Crippen LogP contribution in [0.2, 0.25) is 19.1 Å². The standard InChI is InChI=1S/C9H15O2Si/c1-9(10)11-7-5-4-6-8-12(2)3/h5-6H,7-8H2,1-3H3. The zero-order valence-corrected chi connectivity index (χ0v) is 8.89. The molecule has 0 fully saturated rings. The maximum atomic E-state index is 10.3. The Balaban J connectivity index is 3.47. The van der Waals surface area contributed by atoms with Crippen LogP contribution >= 0.6 is 0 Å². The summed E-state index contributed by atoms with van der Waals surface area (Å²) in [5.41, 5.74) is 2.97. The summed E-state index contributed by atoms with van der Waals surface area (Å²) in [5.74, 6) is -0.246. The van der Waals surface area contributed by atoms with Crippen LogP contribution in [0.1, 0.15) is 6.92 Å². The summed E-state index contributed by atoms with van der Waals surface area (Å²) in [4.78, 5) is 10.3. The first-order valence-electron chi connectivity index (χ1n) is 3.94. The van der Waals surface area contributed by atoms with Gasteiger partial charge in [0.25, 0.3) is 0 Å². The summed E-state index contributed by atoms with van der Waals surface area (Å²) in [7, 11) is -0.184. The van der Waals surface area contributed by atoms with Gasteiger partial charge in [-0.25, -0.2) is 0 Å². The average molecular weight is 183 g/mol. The van der Waals surface area contributed by atoms with Gasteiger partial charge in [0.15, 0.2) is 0 Å². The van der Waals surface area contributed by atoms with E-state index in [1.165, 1.54) is 6.92 Å². The number of ether oxygens (including phenoxy) is 1. The van der Waals surface area contributed by atoms with Crippen molar-refractivity contribution in [3.63, 3.8) is 0 Å². The molecule has 0 amide bonds. The van der Waals surface area contributed by atoms with Gasteiger partial charge >= 0.3 is 5.97 Å². The van der Waals surface area contributed by atoms with Gasteiger partial charge in [-0.2, -0.15) is 0 Å². The zero-order chi connectivity index (χ0) is 9.40. The number of rotatable bonds is 4. The molecule has 0 saturated carbocycles. The molecule has 0 spiro atoms. The molecule has 12 heavy (non-hydrogen) atoms. The Morgan fingerprint density at radius 1 is 1.50 bits per heavy atom. The Labute approximate surface area is 75.5 Å². The first-order valence-corrected chi connectivity index (χ1v) is 6.65. The fourth-order valence-electron chi connectivity index (χ4n) is 0.554. The molecule has 67 valence electrons. The highest BCUT2D eigenvalue weighted by Crippen LogP contribution is 1.90. The number of hydrogen-bond donors (Lipinski definition) is 0. The summed E-state index contributed by atoms with van der Waals surface area (Å²) in [6.07, 6.45) is 3.73. The van der Waals surface area contributed by atoms with Gasteiger partial charge in [0.1, 0.15) is 6.61 Å². The summed E-state index contributed by atoms with van der Waals surface area (Å²) < 4.78 is 4.68. The molecule has 0 heterocycles. The first-order chi connectivity index (χ1) is 5.63. The van der Waals surface area contributed by atoms with E-state index in [4.69, 9.17) is 0 Å². The summed E-state index contributed by atoms with van der Waals surface area (Å²) in [5, 5.41) is 0. The SMILES string of the molecule is CC(=O)OCC=C=CC[Si](C)C. The average Bonchev–Trinajstić information content (AvgIpc) is 1.95. The monoisotopic (exact) mass is 183 g/mol. The van der Waals surface area contributed by atoms with Crippen LogP contribution in [-0.4, -0.2) is 21.4 Å². The third-order valence-electron chi connectivity index (χ3n) is 1.12.